The van der Waals surface area contributed by atoms with Gasteiger partial charge in [0.2, 0.25) is 0 Å². The Bertz CT molecular complexity index is 994. The molecule has 2 N–H and O–H groups in total. The third-order valence-electron chi connectivity index (χ3n) is 6.19. The molecule has 1 saturated heterocycles. The highest BCUT2D eigenvalue weighted by Crippen LogP contribution is 2.36. The number of nitrogens with zero attached hydrogens (tertiary/aromatic N) is 2. The van der Waals surface area contributed by atoms with E-state index in [1.165, 1.54) is 37.8 Å². The number of piperidine rings is 1. The summed E-state index contributed by atoms with van der Waals surface area (Å²) in [6, 6.07) is 13.9. The van der Waals surface area contributed by atoms with Crippen molar-refractivity contribution in [2.75, 3.05) is 17.2 Å². The largest absolute Gasteiger partial charge is 0.335 e. The van der Waals surface area contributed by atoms with Crippen molar-refractivity contribution in [2.24, 2.45) is 5.92 Å². The first-order chi connectivity index (χ1) is 15.0. The van der Waals surface area contributed by atoms with Crippen LogP contribution in [0.15, 0.2) is 48.5 Å². The highest BCUT2D eigenvalue weighted by Gasteiger charge is 2.35. The fraction of sp³-hybridized carbons (Fsp3) is 0.391. The minimum absolute atomic E-state index is 0.0112. The summed E-state index contributed by atoms with van der Waals surface area (Å²) in [6.07, 6.45) is 7.11. The van der Waals surface area contributed by atoms with Crippen molar-refractivity contribution in [1.29, 1.82) is 0 Å². The van der Waals surface area contributed by atoms with Crippen LogP contribution in [-0.4, -0.2) is 33.4 Å². The Kier molecular flexibility index (Phi) is 6.46. The number of hydrogen-bond donors (Lipinski definition) is 2. The van der Waals surface area contributed by atoms with Crippen LogP contribution in [0.25, 0.3) is 0 Å². The highest BCUT2D eigenvalue weighted by molar-refractivity contribution is 7.80. The fourth-order valence-electron chi connectivity index (χ4n) is 4.76. The van der Waals surface area contributed by atoms with Crippen LogP contribution in [0, 0.1) is 16.0 Å². The van der Waals surface area contributed by atoms with Gasteiger partial charge >= 0.3 is 0 Å². The molecule has 162 valence electrons. The number of carbonyl (C=O) groups is 1. The van der Waals surface area contributed by atoms with Gasteiger partial charge in [0.1, 0.15) is 0 Å². The summed E-state index contributed by atoms with van der Waals surface area (Å²) in [7, 11) is 0. The van der Waals surface area contributed by atoms with E-state index in [1.54, 1.807) is 12.1 Å². The monoisotopic (exact) mass is 438 g/mol. The molecule has 2 atom stereocenters. The van der Waals surface area contributed by atoms with Crippen LogP contribution < -0.4 is 10.6 Å². The Morgan fingerprint density at radius 1 is 1.00 bits per heavy atom. The molecule has 2 fully saturated rings. The standard InChI is InChI=1S/C23H26N4O3S/c28-22(26-13-5-8-16-6-1-2-12-21(16)26)17-7-3-9-18(14-17)24-23(31)25-19-10-4-11-20(15-19)27(29)30/h3-4,7,9-11,14-16,21H,1-2,5-6,8,12-13H2,(H2,24,25,31)/t16-,21-/m0/s1. The van der Waals surface area contributed by atoms with Crippen molar-refractivity contribution < 1.29 is 9.72 Å². The minimum atomic E-state index is -0.450. The van der Waals surface area contributed by atoms with Crippen molar-refractivity contribution in [3.05, 3.63) is 64.2 Å². The zero-order chi connectivity index (χ0) is 21.8. The van der Waals surface area contributed by atoms with Crippen LogP contribution in [0.5, 0.6) is 0 Å². The molecule has 0 bridgehead atoms. The molecule has 1 heterocycles. The van der Waals surface area contributed by atoms with Crippen LogP contribution in [0.2, 0.25) is 0 Å². The molecule has 7 nitrogen and oxygen atoms in total. The van der Waals surface area contributed by atoms with Gasteiger partial charge in [0.15, 0.2) is 5.11 Å². The molecule has 2 aliphatic rings. The number of rotatable bonds is 4. The lowest BCUT2D eigenvalue weighted by Gasteiger charge is -2.44. The fourth-order valence-corrected chi connectivity index (χ4v) is 5.00. The molecular formula is C23H26N4O3S. The predicted molar refractivity (Wildman–Crippen MR) is 125 cm³/mol. The number of benzene rings is 2. The van der Waals surface area contributed by atoms with Crippen LogP contribution in [0.3, 0.4) is 0 Å². The van der Waals surface area contributed by atoms with E-state index in [9.17, 15) is 14.9 Å². The molecule has 0 unspecified atom stereocenters. The van der Waals surface area contributed by atoms with Gasteiger partial charge in [-0.15, -0.1) is 0 Å². The maximum absolute atomic E-state index is 13.3. The Hall–Kier alpha value is -3.00. The van der Waals surface area contributed by atoms with Crippen LogP contribution in [0.1, 0.15) is 48.9 Å². The topological polar surface area (TPSA) is 87.5 Å². The summed E-state index contributed by atoms with van der Waals surface area (Å²) in [6.45, 7) is 0.824. The Balaban J connectivity index is 1.43. The van der Waals surface area contributed by atoms with E-state index in [0.29, 0.717) is 34.0 Å². The first kappa shape index (κ1) is 21.2. The molecular weight excluding hydrogens is 412 g/mol. The van der Waals surface area contributed by atoms with Crippen LogP contribution in [0.4, 0.5) is 17.1 Å². The summed E-state index contributed by atoms with van der Waals surface area (Å²) in [5.41, 5.74) is 1.86. The van der Waals surface area contributed by atoms with Gasteiger partial charge in [-0.2, -0.15) is 0 Å². The normalized spacial score (nSPS) is 20.5. The number of nitro benzene ring substituents is 1. The van der Waals surface area contributed by atoms with Gasteiger partial charge in [0.25, 0.3) is 11.6 Å². The number of nitrogens with one attached hydrogen (secondary N) is 2. The number of amides is 1. The van der Waals surface area contributed by atoms with Crippen molar-refractivity contribution in [2.45, 2.75) is 44.6 Å². The molecule has 2 aromatic carbocycles. The first-order valence-electron chi connectivity index (χ1n) is 10.7. The first-order valence-corrected chi connectivity index (χ1v) is 11.2. The molecule has 0 radical (unpaired) electrons. The quantitative estimate of drug-likeness (QED) is 0.388. The van der Waals surface area contributed by atoms with E-state index in [1.807, 2.05) is 24.3 Å². The Morgan fingerprint density at radius 3 is 2.45 bits per heavy atom. The van der Waals surface area contributed by atoms with Gasteiger partial charge in [0.05, 0.1) is 4.92 Å². The summed E-state index contributed by atoms with van der Waals surface area (Å²) in [5, 5.41) is 17.3. The second-order valence-electron chi connectivity index (χ2n) is 8.22. The summed E-state index contributed by atoms with van der Waals surface area (Å²) < 4.78 is 0. The molecule has 1 saturated carbocycles. The smallest absolute Gasteiger partial charge is 0.271 e. The average molecular weight is 439 g/mol. The second kappa shape index (κ2) is 9.43. The Morgan fingerprint density at radius 2 is 1.68 bits per heavy atom. The van der Waals surface area contributed by atoms with Gasteiger partial charge in [0, 0.05) is 41.7 Å². The summed E-state index contributed by atoms with van der Waals surface area (Å²) >= 11 is 5.35. The van der Waals surface area contributed by atoms with Gasteiger partial charge in [-0.25, -0.2) is 0 Å². The van der Waals surface area contributed by atoms with Crippen LogP contribution >= 0.6 is 12.2 Å². The maximum Gasteiger partial charge on any atom is 0.271 e. The number of fused-ring (bicyclic) bond motifs is 1. The maximum atomic E-state index is 13.3. The predicted octanol–water partition coefficient (Wildman–Crippen LogP) is 5.20. The number of nitro groups is 1. The minimum Gasteiger partial charge on any atom is -0.335 e. The lowest BCUT2D eigenvalue weighted by atomic mass is 9.78. The molecule has 1 amide bonds. The second-order valence-corrected chi connectivity index (χ2v) is 8.63. The Labute approximate surface area is 187 Å². The molecule has 31 heavy (non-hydrogen) atoms. The zero-order valence-corrected chi connectivity index (χ0v) is 18.1. The van der Waals surface area contributed by atoms with E-state index >= 15 is 0 Å². The number of carbonyl (C=O) groups excluding carboxylic acids is 1. The third kappa shape index (κ3) is 5.02. The molecule has 4 rings (SSSR count). The van der Waals surface area contributed by atoms with Crippen molar-refractivity contribution >= 4 is 40.3 Å². The van der Waals surface area contributed by atoms with Crippen molar-refractivity contribution in [3.8, 4) is 0 Å². The van der Waals surface area contributed by atoms with Gasteiger partial charge < -0.3 is 15.5 Å². The number of anilines is 2. The zero-order valence-electron chi connectivity index (χ0n) is 17.3. The van der Waals surface area contributed by atoms with Crippen molar-refractivity contribution in [1.82, 2.24) is 4.90 Å². The third-order valence-corrected chi connectivity index (χ3v) is 6.39. The average Bonchev–Trinajstić information content (AvgIpc) is 2.78. The van der Waals surface area contributed by atoms with Gasteiger partial charge in [-0.05, 0) is 68.1 Å². The molecule has 0 spiro atoms. The van der Waals surface area contributed by atoms with Gasteiger partial charge in [-0.3, -0.25) is 14.9 Å². The number of non-ortho nitro benzene ring substituents is 1. The molecule has 0 aromatic heterocycles. The van der Waals surface area contributed by atoms with E-state index in [-0.39, 0.29) is 11.6 Å². The molecule has 1 aliphatic carbocycles. The SMILES string of the molecule is O=C(c1cccc(NC(=S)Nc2cccc([N+](=O)[O-])c2)c1)N1CCC[C@@H]2CCCC[C@@H]21. The number of likely N-dealkylation sites (tertiary alicyclic amines) is 1. The number of hydrogen-bond acceptors (Lipinski definition) is 4. The van der Waals surface area contributed by atoms with E-state index < -0.39 is 4.92 Å². The van der Waals surface area contributed by atoms with Crippen molar-refractivity contribution in [3.63, 3.8) is 0 Å². The number of thiocarbonyl (C=S) groups is 1. The molecule has 8 heteroatoms. The summed E-state index contributed by atoms with van der Waals surface area (Å²) in [5.74, 6) is 0.720. The lowest BCUT2D eigenvalue weighted by molar-refractivity contribution is -0.384. The summed E-state index contributed by atoms with van der Waals surface area (Å²) in [4.78, 5) is 25.8. The lowest BCUT2D eigenvalue weighted by Crippen LogP contribution is -2.49. The molecule has 2 aromatic rings. The van der Waals surface area contributed by atoms with Gasteiger partial charge in [-0.1, -0.05) is 25.0 Å². The highest BCUT2D eigenvalue weighted by atomic mass is 32.1. The van der Waals surface area contributed by atoms with E-state index in [4.69, 9.17) is 12.2 Å². The molecule has 1 aliphatic heterocycles. The van der Waals surface area contributed by atoms with E-state index in [0.717, 1.165) is 19.4 Å². The van der Waals surface area contributed by atoms with E-state index in [2.05, 4.69) is 15.5 Å². The van der Waals surface area contributed by atoms with Crippen LogP contribution in [-0.2, 0) is 0 Å².